The second kappa shape index (κ2) is 6.52. The monoisotopic (exact) mass is 309 g/mol. The molecule has 1 aliphatic rings. The Labute approximate surface area is 127 Å². The molecule has 120 valence electrons. The molecule has 1 saturated heterocycles. The van der Waals surface area contributed by atoms with Gasteiger partial charge in [-0.15, -0.1) is 0 Å². The first kappa shape index (κ1) is 15.9. The van der Waals surface area contributed by atoms with Gasteiger partial charge in [0, 0.05) is 13.7 Å². The van der Waals surface area contributed by atoms with Crippen LogP contribution < -0.4 is 11.1 Å². The number of hydrogen-bond acceptors (Lipinski definition) is 6. The number of nitrogen functional groups attached to an aromatic ring is 1. The first-order chi connectivity index (χ1) is 10.5. The highest BCUT2D eigenvalue weighted by Crippen LogP contribution is 2.25. The lowest BCUT2D eigenvalue weighted by Gasteiger charge is -2.20. The van der Waals surface area contributed by atoms with Crippen LogP contribution in [0.5, 0.6) is 0 Å². The van der Waals surface area contributed by atoms with Gasteiger partial charge in [0.15, 0.2) is 0 Å². The molecule has 22 heavy (non-hydrogen) atoms. The summed E-state index contributed by atoms with van der Waals surface area (Å²) in [6, 6.07) is 4.49. The van der Waals surface area contributed by atoms with E-state index in [-0.39, 0.29) is 25.2 Å². The molecule has 0 bridgehead atoms. The van der Waals surface area contributed by atoms with Gasteiger partial charge >= 0.3 is 12.1 Å². The van der Waals surface area contributed by atoms with Crippen molar-refractivity contribution < 1.29 is 24.2 Å². The van der Waals surface area contributed by atoms with E-state index >= 15 is 0 Å². The molecule has 1 aromatic rings. The molecule has 2 atom stereocenters. The van der Waals surface area contributed by atoms with Crippen LogP contribution in [0.1, 0.15) is 10.4 Å². The molecule has 0 radical (unpaired) electrons. The highest BCUT2D eigenvalue weighted by molar-refractivity contribution is 5.92. The first-order valence-electron chi connectivity index (χ1n) is 6.71. The van der Waals surface area contributed by atoms with Crippen LogP contribution in [0.2, 0.25) is 0 Å². The highest BCUT2D eigenvalue weighted by atomic mass is 16.5. The maximum Gasteiger partial charge on any atom is 0.407 e. The van der Waals surface area contributed by atoms with Crippen LogP contribution in [-0.4, -0.2) is 61.5 Å². The normalized spacial score (nSPS) is 20.7. The number of carboxylic acid groups (broad SMARTS) is 1. The number of esters is 1. The van der Waals surface area contributed by atoms with Gasteiger partial charge in [0.2, 0.25) is 0 Å². The number of rotatable bonds is 4. The third-order valence-corrected chi connectivity index (χ3v) is 3.65. The Morgan fingerprint density at radius 1 is 1.36 bits per heavy atom. The lowest BCUT2D eigenvalue weighted by Crippen LogP contribution is -2.34. The van der Waals surface area contributed by atoms with Crippen molar-refractivity contribution in [2.45, 2.75) is 12.1 Å². The summed E-state index contributed by atoms with van der Waals surface area (Å²) in [7, 11) is 2.83. The minimum absolute atomic E-state index is 0.253. The maximum atomic E-state index is 11.6. The van der Waals surface area contributed by atoms with Crippen molar-refractivity contribution in [2.75, 3.05) is 38.4 Å². The molecule has 0 saturated carbocycles. The fourth-order valence-corrected chi connectivity index (χ4v) is 2.43. The van der Waals surface area contributed by atoms with Gasteiger partial charge in [-0.2, -0.15) is 0 Å². The fourth-order valence-electron chi connectivity index (χ4n) is 2.43. The second-order valence-corrected chi connectivity index (χ2v) is 5.01. The Bertz CT molecular complexity index is 578. The van der Waals surface area contributed by atoms with E-state index in [9.17, 15) is 9.59 Å². The number of nitrogens with two attached hydrogens (primary N) is 1. The lowest BCUT2D eigenvalue weighted by atomic mass is 10.1. The van der Waals surface area contributed by atoms with Crippen LogP contribution in [0.3, 0.4) is 0 Å². The molecular formula is C14H19N3O5. The minimum atomic E-state index is -0.998. The Kier molecular flexibility index (Phi) is 4.71. The molecule has 1 heterocycles. The molecular weight excluding hydrogens is 290 g/mol. The Morgan fingerprint density at radius 2 is 2.09 bits per heavy atom. The Balaban J connectivity index is 2.18. The van der Waals surface area contributed by atoms with E-state index in [1.54, 1.807) is 18.2 Å². The number of benzene rings is 1. The number of carbonyl (C=O) groups is 2. The zero-order chi connectivity index (χ0) is 16.3. The van der Waals surface area contributed by atoms with E-state index in [0.29, 0.717) is 16.9 Å². The zero-order valence-corrected chi connectivity index (χ0v) is 12.4. The summed E-state index contributed by atoms with van der Waals surface area (Å²) in [6.45, 7) is 0.551. The van der Waals surface area contributed by atoms with Crippen molar-refractivity contribution in [1.29, 1.82) is 0 Å². The molecule has 0 unspecified atom stereocenters. The van der Waals surface area contributed by atoms with Crippen molar-refractivity contribution in [3.8, 4) is 0 Å². The number of likely N-dealkylation sites (tertiary alicyclic amines) is 1. The molecule has 0 aromatic heterocycles. The molecule has 1 fully saturated rings. The van der Waals surface area contributed by atoms with Crippen molar-refractivity contribution in [3.63, 3.8) is 0 Å². The van der Waals surface area contributed by atoms with Crippen LogP contribution in [0.4, 0.5) is 16.2 Å². The standard InChI is InChI=1S/C14H19N3O5/c1-21-12-7-17(14(19)20)6-11(12)16-10-5-8(13(18)22-2)3-4-9(10)15/h3-5,11-12,16H,6-7,15H2,1-2H3,(H,19,20)/t11-,12+/m0/s1. The van der Waals surface area contributed by atoms with Gasteiger partial charge in [-0.25, -0.2) is 9.59 Å². The summed E-state index contributed by atoms with van der Waals surface area (Å²) in [5, 5.41) is 12.2. The van der Waals surface area contributed by atoms with E-state index in [1.807, 2.05) is 0 Å². The summed E-state index contributed by atoms with van der Waals surface area (Å²) >= 11 is 0. The summed E-state index contributed by atoms with van der Waals surface area (Å²) in [6.07, 6.45) is -1.29. The molecule has 1 aromatic carbocycles. The number of ether oxygens (including phenoxy) is 2. The topological polar surface area (TPSA) is 114 Å². The molecule has 2 rings (SSSR count). The largest absolute Gasteiger partial charge is 0.465 e. The lowest BCUT2D eigenvalue weighted by molar-refractivity contribution is 0.0600. The van der Waals surface area contributed by atoms with Gasteiger partial charge in [-0.05, 0) is 18.2 Å². The van der Waals surface area contributed by atoms with Gasteiger partial charge in [0.25, 0.3) is 0 Å². The Hall–Kier alpha value is -2.48. The van der Waals surface area contributed by atoms with Crippen molar-refractivity contribution in [1.82, 2.24) is 4.90 Å². The third kappa shape index (κ3) is 3.22. The van der Waals surface area contributed by atoms with Gasteiger partial charge in [0.1, 0.15) is 0 Å². The fraction of sp³-hybridized carbons (Fsp3) is 0.429. The smallest absolute Gasteiger partial charge is 0.407 e. The summed E-state index contributed by atoms with van der Waals surface area (Å²) < 4.78 is 9.99. The highest BCUT2D eigenvalue weighted by Gasteiger charge is 2.35. The van der Waals surface area contributed by atoms with E-state index in [4.69, 9.17) is 15.6 Å². The SMILES string of the molecule is COC(=O)c1ccc(N)c(N[C@H]2CN(C(=O)O)C[C@H]2OC)c1. The molecule has 4 N–H and O–H groups in total. The van der Waals surface area contributed by atoms with Crippen molar-refractivity contribution >= 4 is 23.4 Å². The molecule has 1 amide bonds. The zero-order valence-electron chi connectivity index (χ0n) is 12.4. The average molecular weight is 309 g/mol. The number of nitrogens with zero attached hydrogens (tertiary/aromatic N) is 1. The predicted octanol–water partition coefficient (Wildman–Crippen LogP) is 0.845. The van der Waals surface area contributed by atoms with Crippen molar-refractivity contribution in [2.24, 2.45) is 0 Å². The maximum absolute atomic E-state index is 11.6. The number of methoxy groups -OCH3 is 2. The summed E-state index contributed by atoms with van der Waals surface area (Å²) in [5.74, 6) is -0.468. The number of nitrogens with one attached hydrogen (secondary N) is 1. The molecule has 8 nitrogen and oxygen atoms in total. The van der Waals surface area contributed by atoms with Gasteiger partial charge < -0.3 is 30.5 Å². The quantitative estimate of drug-likeness (QED) is 0.558. The van der Waals surface area contributed by atoms with Gasteiger partial charge in [-0.3, -0.25) is 0 Å². The first-order valence-corrected chi connectivity index (χ1v) is 6.71. The van der Waals surface area contributed by atoms with E-state index in [2.05, 4.69) is 10.1 Å². The van der Waals surface area contributed by atoms with Crippen LogP contribution in [0.25, 0.3) is 0 Å². The van der Waals surface area contributed by atoms with Gasteiger partial charge in [-0.1, -0.05) is 0 Å². The van der Waals surface area contributed by atoms with E-state index < -0.39 is 12.1 Å². The number of amides is 1. The summed E-state index contributed by atoms with van der Waals surface area (Å²) in [5.41, 5.74) is 7.27. The predicted molar refractivity (Wildman–Crippen MR) is 80.0 cm³/mol. The van der Waals surface area contributed by atoms with E-state index in [1.165, 1.54) is 19.1 Å². The molecule has 0 aliphatic carbocycles. The van der Waals surface area contributed by atoms with Gasteiger partial charge in [0.05, 0.1) is 42.7 Å². The molecule has 0 spiro atoms. The third-order valence-electron chi connectivity index (χ3n) is 3.65. The Morgan fingerprint density at radius 3 is 2.68 bits per heavy atom. The van der Waals surface area contributed by atoms with Crippen LogP contribution in [0, 0.1) is 0 Å². The van der Waals surface area contributed by atoms with Crippen molar-refractivity contribution in [3.05, 3.63) is 23.8 Å². The minimum Gasteiger partial charge on any atom is -0.465 e. The average Bonchev–Trinajstić information content (AvgIpc) is 2.92. The number of carbonyl (C=O) groups excluding carboxylic acids is 1. The van der Waals surface area contributed by atoms with Crippen LogP contribution in [-0.2, 0) is 9.47 Å². The van der Waals surface area contributed by atoms with Crippen LogP contribution >= 0.6 is 0 Å². The summed E-state index contributed by atoms with van der Waals surface area (Å²) in [4.78, 5) is 23.9. The van der Waals surface area contributed by atoms with E-state index in [0.717, 1.165) is 0 Å². The second-order valence-electron chi connectivity index (χ2n) is 5.01. The number of anilines is 2. The number of hydrogen-bond donors (Lipinski definition) is 3. The molecule has 1 aliphatic heterocycles. The molecule has 8 heteroatoms. The van der Waals surface area contributed by atoms with Crippen LogP contribution in [0.15, 0.2) is 18.2 Å².